The molecule has 4 nitrogen and oxygen atoms in total. The minimum Gasteiger partial charge on any atom is -0.313 e. The molecule has 0 saturated heterocycles. The van der Waals surface area contributed by atoms with Gasteiger partial charge in [0.2, 0.25) is 0 Å². The molecule has 0 heterocycles. The van der Waals surface area contributed by atoms with E-state index >= 15 is 0 Å². The smallest absolute Gasteiger partial charge is 0.0300 e. The summed E-state index contributed by atoms with van der Waals surface area (Å²) in [7, 11) is 3.82. The zero-order valence-corrected chi connectivity index (χ0v) is 10.2. The minimum atomic E-state index is 0.944. The first-order valence-corrected chi connectivity index (χ1v) is 5.73. The molecule has 0 aliphatic heterocycles. The SMILES string of the molecule is CNN(CCCNCc1ccccc1)NC. The molecular formula is C12H22N4. The maximum atomic E-state index is 3.42. The number of nitrogens with zero attached hydrogens (tertiary/aromatic N) is 1. The van der Waals surface area contributed by atoms with Crippen molar-refractivity contribution >= 4 is 0 Å². The molecule has 0 atom stereocenters. The highest BCUT2D eigenvalue weighted by Crippen LogP contribution is 1.96. The summed E-state index contributed by atoms with van der Waals surface area (Å²) in [6, 6.07) is 10.5. The molecule has 0 saturated carbocycles. The van der Waals surface area contributed by atoms with Crippen LogP contribution < -0.4 is 16.2 Å². The molecule has 90 valence electrons. The lowest BCUT2D eigenvalue weighted by Gasteiger charge is -2.19. The maximum Gasteiger partial charge on any atom is 0.0300 e. The lowest BCUT2D eigenvalue weighted by molar-refractivity contribution is 0.143. The van der Waals surface area contributed by atoms with E-state index in [0.717, 1.165) is 26.1 Å². The van der Waals surface area contributed by atoms with E-state index in [1.54, 1.807) is 0 Å². The van der Waals surface area contributed by atoms with Gasteiger partial charge in [-0.05, 0) is 18.5 Å². The highest BCUT2D eigenvalue weighted by molar-refractivity contribution is 5.14. The number of hydrazine groups is 2. The third-order valence-corrected chi connectivity index (χ3v) is 2.45. The topological polar surface area (TPSA) is 39.3 Å². The Hall–Kier alpha value is -0.940. The molecule has 1 aromatic carbocycles. The van der Waals surface area contributed by atoms with Crippen molar-refractivity contribution in [3.05, 3.63) is 35.9 Å². The highest BCUT2D eigenvalue weighted by atomic mass is 15.7. The lowest BCUT2D eigenvalue weighted by atomic mass is 10.2. The third kappa shape index (κ3) is 5.23. The summed E-state index contributed by atoms with van der Waals surface area (Å²) in [5.74, 6) is 0. The van der Waals surface area contributed by atoms with Crippen LogP contribution in [-0.4, -0.2) is 32.3 Å². The van der Waals surface area contributed by atoms with Crippen molar-refractivity contribution in [2.45, 2.75) is 13.0 Å². The van der Waals surface area contributed by atoms with E-state index in [-0.39, 0.29) is 0 Å². The van der Waals surface area contributed by atoms with E-state index < -0.39 is 0 Å². The predicted molar refractivity (Wildman–Crippen MR) is 67.6 cm³/mol. The molecule has 0 fully saturated rings. The molecule has 0 aromatic heterocycles. The summed E-state index contributed by atoms with van der Waals surface area (Å²) < 4.78 is 0. The fraction of sp³-hybridized carbons (Fsp3) is 0.500. The Morgan fingerprint density at radius 1 is 1.06 bits per heavy atom. The largest absolute Gasteiger partial charge is 0.313 e. The van der Waals surface area contributed by atoms with E-state index in [9.17, 15) is 0 Å². The maximum absolute atomic E-state index is 3.42. The average molecular weight is 222 g/mol. The van der Waals surface area contributed by atoms with Crippen LogP contribution in [0.3, 0.4) is 0 Å². The highest BCUT2D eigenvalue weighted by Gasteiger charge is 1.96. The number of nitrogens with one attached hydrogen (secondary N) is 3. The van der Waals surface area contributed by atoms with E-state index in [1.165, 1.54) is 5.56 Å². The summed E-state index contributed by atoms with van der Waals surface area (Å²) in [5, 5.41) is 5.39. The predicted octanol–water partition coefficient (Wildman–Crippen LogP) is 0.737. The molecule has 4 heteroatoms. The Labute approximate surface area is 98.0 Å². The van der Waals surface area contributed by atoms with Crippen LogP contribution in [0.25, 0.3) is 0 Å². The van der Waals surface area contributed by atoms with E-state index in [2.05, 4.69) is 40.4 Å². The van der Waals surface area contributed by atoms with Gasteiger partial charge in [0.15, 0.2) is 0 Å². The van der Waals surface area contributed by atoms with Crippen LogP contribution in [0.2, 0.25) is 0 Å². The first-order chi connectivity index (χ1) is 7.86. The van der Waals surface area contributed by atoms with Crippen LogP contribution in [0.15, 0.2) is 30.3 Å². The van der Waals surface area contributed by atoms with E-state index in [1.807, 2.05) is 25.3 Å². The Kier molecular flexibility index (Phi) is 6.76. The van der Waals surface area contributed by atoms with Crippen molar-refractivity contribution in [2.75, 3.05) is 27.2 Å². The number of benzene rings is 1. The molecule has 0 amide bonds. The van der Waals surface area contributed by atoms with Gasteiger partial charge in [0.25, 0.3) is 0 Å². The van der Waals surface area contributed by atoms with Crippen molar-refractivity contribution in [1.82, 2.24) is 21.3 Å². The molecule has 0 aliphatic rings. The standard InChI is InChI=1S/C12H22N4/c1-13-16(14-2)10-6-9-15-11-12-7-4-3-5-8-12/h3-5,7-8,13-15H,6,9-11H2,1-2H3. The molecule has 1 rings (SSSR count). The quantitative estimate of drug-likeness (QED) is 0.448. The third-order valence-electron chi connectivity index (χ3n) is 2.45. The first kappa shape index (κ1) is 13.1. The fourth-order valence-corrected chi connectivity index (χ4v) is 1.53. The van der Waals surface area contributed by atoms with Gasteiger partial charge in [0, 0.05) is 27.2 Å². The van der Waals surface area contributed by atoms with E-state index in [0.29, 0.717) is 0 Å². The van der Waals surface area contributed by atoms with Crippen molar-refractivity contribution in [3.63, 3.8) is 0 Å². The van der Waals surface area contributed by atoms with Gasteiger partial charge in [-0.15, -0.1) is 0 Å². The zero-order valence-electron chi connectivity index (χ0n) is 10.2. The summed E-state index contributed by atoms with van der Waals surface area (Å²) in [4.78, 5) is 0. The van der Waals surface area contributed by atoms with Gasteiger partial charge in [-0.2, -0.15) is 5.12 Å². The number of rotatable bonds is 8. The van der Waals surface area contributed by atoms with Crippen LogP contribution >= 0.6 is 0 Å². The van der Waals surface area contributed by atoms with Gasteiger partial charge < -0.3 is 5.32 Å². The van der Waals surface area contributed by atoms with E-state index in [4.69, 9.17) is 0 Å². The zero-order chi connectivity index (χ0) is 11.6. The van der Waals surface area contributed by atoms with Crippen molar-refractivity contribution in [2.24, 2.45) is 0 Å². The fourth-order valence-electron chi connectivity index (χ4n) is 1.53. The Bertz CT molecular complexity index is 259. The molecule has 0 bridgehead atoms. The Morgan fingerprint density at radius 2 is 1.75 bits per heavy atom. The molecule has 0 aliphatic carbocycles. The second-order valence-corrected chi connectivity index (χ2v) is 3.61. The monoisotopic (exact) mass is 222 g/mol. The van der Waals surface area contributed by atoms with Crippen molar-refractivity contribution in [3.8, 4) is 0 Å². The van der Waals surface area contributed by atoms with Gasteiger partial charge >= 0.3 is 0 Å². The molecule has 0 radical (unpaired) electrons. The molecule has 16 heavy (non-hydrogen) atoms. The molecular weight excluding hydrogens is 200 g/mol. The summed E-state index contributed by atoms with van der Waals surface area (Å²) in [6.45, 7) is 2.95. The number of hydrogen-bond acceptors (Lipinski definition) is 4. The molecule has 3 N–H and O–H groups in total. The molecule has 0 spiro atoms. The normalized spacial score (nSPS) is 10.9. The second-order valence-electron chi connectivity index (χ2n) is 3.61. The summed E-state index contributed by atoms with van der Waals surface area (Å²) in [5.41, 5.74) is 7.44. The van der Waals surface area contributed by atoms with Gasteiger partial charge in [0.05, 0.1) is 0 Å². The van der Waals surface area contributed by atoms with Crippen LogP contribution in [0.4, 0.5) is 0 Å². The van der Waals surface area contributed by atoms with Gasteiger partial charge in [-0.1, -0.05) is 30.3 Å². The van der Waals surface area contributed by atoms with Crippen molar-refractivity contribution in [1.29, 1.82) is 0 Å². The lowest BCUT2D eigenvalue weighted by Crippen LogP contribution is -2.45. The van der Waals surface area contributed by atoms with Crippen LogP contribution in [0.5, 0.6) is 0 Å². The Morgan fingerprint density at radius 3 is 2.38 bits per heavy atom. The minimum absolute atomic E-state index is 0.944. The van der Waals surface area contributed by atoms with Crippen LogP contribution in [-0.2, 0) is 6.54 Å². The van der Waals surface area contributed by atoms with Gasteiger partial charge in [0.1, 0.15) is 0 Å². The average Bonchev–Trinajstić information content (AvgIpc) is 2.35. The molecule has 0 unspecified atom stereocenters. The summed E-state index contributed by atoms with van der Waals surface area (Å²) in [6.07, 6.45) is 1.11. The van der Waals surface area contributed by atoms with Crippen LogP contribution in [0.1, 0.15) is 12.0 Å². The first-order valence-electron chi connectivity index (χ1n) is 5.73. The van der Waals surface area contributed by atoms with Crippen molar-refractivity contribution < 1.29 is 0 Å². The van der Waals surface area contributed by atoms with Gasteiger partial charge in [-0.3, -0.25) is 0 Å². The Balaban J connectivity index is 2.04. The van der Waals surface area contributed by atoms with Crippen LogP contribution in [0, 0.1) is 0 Å². The summed E-state index contributed by atoms with van der Waals surface area (Å²) >= 11 is 0. The molecule has 1 aromatic rings. The second kappa shape index (κ2) is 8.24. The van der Waals surface area contributed by atoms with Gasteiger partial charge in [-0.25, -0.2) is 10.9 Å². The number of hydrogen-bond donors (Lipinski definition) is 3.